The Morgan fingerprint density at radius 2 is 2.00 bits per heavy atom. The molecule has 1 unspecified atom stereocenters. The van der Waals surface area contributed by atoms with Gasteiger partial charge in [-0.2, -0.15) is 13.2 Å². The second-order valence-electron chi connectivity index (χ2n) is 7.14. The van der Waals surface area contributed by atoms with E-state index in [1.807, 2.05) is 6.07 Å². The molecule has 1 saturated heterocycles. The molecule has 2 heterocycles. The Balaban J connectivity index is 1.34. The molecule has 4 rings (SSSR count). The monoisotopic (exact) mass is 362 g/mol. The Morgan fingerprint density at radius 3 is 2.77 bits per heavy atom. The molecular weight excluding hydrogens is 341 g/mol. The summed E-state index contributed by atoms with van der Waals surface area (Å²) in [7, 11) is 0. The van der Waals surface area contributed by atoms with E-state index in [0.29, 0.717) is 18.0 Å². The summed E-state index contributed by atoms with van der Waals surface area (Å²) < 4.78 is 38.5. The number of rotatable bonds is 5. The molecule has 1 aliphatic heterocycles. The first-order chi connectivity index (χ1) is 12.5. The van der Waals surface area contributed by atoms with Crippen LogP contribution in [-0.4, -0.2) is 34.0 Å². The molecular formula is C19H21F3N4. The minimum Gasteiger partial charge on any atom is -0.366 e. The fourth-order valence-electron chi connectivity index (χ4n) is 3.40. The molecule has 1 aromatic heterocycles. The standard InChI is InChI=1S/C19H21F3N4/c20-19(21,22)15-3-1-2-13(10-15)11-26-9-7-16(12-26)24-17-6-8-23-18(25-17)14-4-5-14/h1-3,6,8,10,14,16H,4-5,7,9,11-12H2,(H,23,24,25). The van der Waals surface area contributed by atoms with Crippen LogP contribution >= 0.6 is 0 Å². The van der Waals surface area contributed by atoms with Crippen LogP contribution in [0.1, 0.15) is 42.1 Å². The van der Waals surface area contributed by atoms with Crippen LogP contribution in [0.2, 0.25) is 0 Å². The van der Waals surface area contributed by atoms with E-state index in [1.165, 1.54) is 12.1 Å². The molecule has 138 valence electrons. The Hall–Kier alpha value is -2.15. The van der Waals surface area contributed by atoms with Crippen molar-refractivity contribution < 1.29 is 13.2 Å². The van der Waals surface area contributed by atoms with Gasteiger partial charge in [-0.3, -0.25) is 4.90 Å². The van der Waals surface area contributed by atoms with Crippen LogP contribution in [0.5, 0.6) is 0 Å². The van der Waals surface area contributed by atoms with Crippen molar-refractivity contribution in [3.8, 4) is 0 Å². The van der Waals surface area contributed by atoms with Crippen LogP contribution in [0.25, 0.3) is 0 Å². The van der Waals surface area contributed by atoms with Gasteiger partial charge in [0.25, 0.3) is 0 Å². The van der Waals surface area contributed by atoms with E-state index in [9.17, 15) is 13.2 Å². The molecule has 7 heteroatoms. The zero-order valence-electron chi connectivity index (χ0n) is 14.3. The van der Waals surface area contributed by atoms with Gasteiger partial charge in [-0.1, -0.05) is 18.2 Å². The third-order valence-corrected chi connectivity index (χ3v) is 4.90. The molecule has 2 aromatic rings. The number of likely N-dealkylation sites (tertiary alicyclic amines) is 1. The van der Waals surface area contributed by atoms with Gasteiger partial charge in [-0.25, -0.2) is 9.97 Å². The topological polar surface area (TPSA) is 41.0 Å². The van der Waals surface area contributed by atoms with E-state index in [0.717, 1.165) is 50.1 Å². The Bertz CT molecular complexity index is 773. The highest BCUT2D eigenvalue weighted by Gasteiger charge is 2.31. The summed E-state index contributed by atoms with van der Waals surface area (Å²) >= 11 is 0. The van der Waals surface area contributed by atoms with Gasteiger partial charge >= 0.3 is 6.18 Å². The van der Waals surface area contributed by atoms with Crippen molar-refractivity contribution in [2.24, 2.45) is 0 Å². The van der Waals surface area contributed by atoms with E-state index in [2.05, 4.69) is 20.2 Å². The van der Waals surface area contributed by atoms with Crippen molar-refractivity contribution in [2.75, 3.05) is 18.4 Å². The predicted molar refractivity (Wildman–Crippen MR) is 92.8 cm³/mol. The largest absolute Gasteiger partial charge is 0.416 e. The number of benzene rings is 1. The average molecular weight is 362 g/mol. The van der Waals surface area contributed by atoms with E-state index < -0.39 is 11.7 Å². The number of nitrogens with one attached hydrogen (secondary N) is 1. The highest BCUT2D eigenvalue weighted by molar-refractivity contribution is 5.36. The van der Waals surface area contributed by atoms with Gasteiger partial charge < -0.3 is 5.32 Å². The first-order valence-corrected chi connectivity index (χ1v) is 8.95. The van der Waals surface area contributed by atoms with Crippen LogP contribution in [0, 0.1) is 0 Å². The summed E-state index contributed by atoms with van der Waals surface area (Å²) in [5.41, 5.74) is 0.107. The molecule has 4 nitrogen and oxygen atoms in total. The van der Waals surface area contributed by atoms with Crippen LogP contribution in [0.3, 0.4) is 0 Å². The van der Waals surface area contributed by atoms with Crippen molar-refractivity contribution in [1.29, 1.82) is 0 Å². The van der Waals surface area contributed by atoms with Gasteiger partial charge in [-0.05, 0) is 37.0 Å². The van der Waals surface area contributed by atoms with Gasteiger partial charge in [0.05, 0.1) is 5.56 Å². The van der Waals surface area contributed by atoms with E-state index in [4.69, 9.17) is 0 Å². The van der Waals surface area contributed by atoms with Gasteiger partial charge in [0.2, 0.25) is 0 Å². The summed E-state index contributed by atoms with van der Waals surface area (Å²) in [4.78, 5) is 11.1. The molecule has 1 N–H and O–H groups in total. The normalized spacial score (nSPS) is 21.1. The number of hydrogen-bond donors (Lipinski definition) is 1. The van der Waals surface area contributed by atoms with Crippen LogP contribution in [0.4, 0.5) is 19.0 Å². The molecule has 0 radical (unpaired) electrons. The molecule has 0 bridgehead atoms. The van der Waals surface area contributed by atoms with Gasteiger partial charge in [0.15, 0.2) is 0 Å². The lowest BCUT2D eigenvalue weighted by molar-refractivity contribution is -0.137. The Kier molecular flexibility index (Phi) is 4.56. The molecule has 1 aromatic carbocycles. The third kappa shape index (κ3) is 4.15. The fourth-order valence-corrected chi connectivity index (χ4v) is 3.40. The number of nitrogens with zero attached hydrogens (tertiary/aromatic N) is 3. The molecule has 26 heavy (non-hydrogen) atoms. The molecule has 2 fully saturated rings. The molecule has 1 saturated carbocycles. The van der Waals surface area contributed by atoms with Gasteiger partial charge in [0.1, 0.15) is 11.6 Å². The lowest BCUT2D eigenvalue weighted by Gasteiger charge is -2.18. The quantitative estimate of drug-likeness (QED) is 0.871. The summed E-state index contributed by atoms with van der Waals surface area (Å²) in [6, 6.07) is 7.72. The Labute approximate surface area is 150 Å². The molecule has 1 atom stereocenters. The summed E-state index contributed by atoms with van der Waals surface area (Å²) in [6.45, 7) is 2.17. The number of halogens is 3. The number of anilines is 1. The van der Waals surface area contributed by atoms with Gasteiger partial charge in [0, 0.05) is 37.8 Å². The zero-order chi connectivity index (χ0) is 18.1. The minimum atomic E-state index is -4.29. The SMILES string of the molecule is FC(F)(F)c1cccc(CN2CCC(Nc3ccnc(C4CC4)n3)C2)c1. The number of aromatic nitrogens is 2. The smallest absolute Gasteiger partial charge is 0.366 e. The van der Waals surface area contributed by atoms with Crippen molar-refractivity contribution in [3.63, 3.8) is 0 Å². The molecule has 2 aliphatic rings. The second-order valence-corrected chi connectivity index (χ2v) is 7.14. The third-order valence-electron chi connectivity index (χ3n) is 4.90. The number of alkyl halides is 3. The lowest BCUT2D eigenvalue weighted by Crippen LogP contribution is -2.26. The van der Waals surface area contributed by atoms with E-state index >= 15 is 0 Å². The fraction of sp³-hybridized carbons (Fsp3) is 0.474. The highest BCUT2D eigenvalue weighted by Crippen LogP contribution is 2.38. The van der Waals surface area contributed by atoms with E-state index in [1.54, 1.807) is 12.3 Å². The minimum absolute atomic E-state index is 0.253. The zero-order valence-corrected chi connectivity index (χ0v) is 14.3. The first kappa shape index (κ1) is 17.3. The van der Waals surface area contributed by atoms with E-state index in [-0.39, 0.29) is 6.04 Å². The second kappa shape index (κ2) is 6.87. The summed E-state index contributed by atoms with van der Waals surface area (Å²) in [5.74, 6) is 2.26. The van der Waals surface area contributed by atoms with Crippen molar-refractivity contribution in [2.45, 2.75) is 43.9 Å². The Morgan fingerprint density at radius 1 is 1.15 bits per heavy atom. The molecule has 0 spiro atoms. The van der Waals surface area contributed by atoms with Gasteiger partial charge in [-0.15, -0.1) is 0 Å². The summed E-state index contributed by atoms with van der Waals surface area (Å²) in [6.07, 6.45) is 0.771. The predicted octanol–water partition coefficient (Wildman–Crippen LogP) is 4.06. The average Bonchev–Trinajstić information content (AvgIpc) is 3.37. The first-order valence-electron chi connectivity index (χ1n) is 8.95. The van der Waals surface area contributed by atoms with Crippen LogP contribution in [-0.2, 0) is 12.7 Å². The molecule has 0 amide bonds. The van der Waals surface area contributed by atoms with Crippen molar-refractivity contribution >= 4 is 5.82 Å². The molecule has 1 aliphatic carbocycles. The van der Waals surface area contributed by atoms with Crippen LogP contribution < -0.4 is 5.32 Å². The van der Waals surface area contributed by atoms with Crippen molar-refractivity contribution in [3.05, 3.63) is 53.5 Å². The maximum absolute atomic E-state index is 12.8. The maximum atomic E-state index is 12.8. The highest BCUT2D eigenvalue weighted by atomic mass is 19.4. The lowest BCUT2D eigenvalue weighted by atomic mass is 10.1. The van der Waals surface area contributed by atoms with Crippen molar-refractivity contribution in [1.82, 2.24) is 14.9 Å². The number of hydrogen-bond acceptors (Lipinski definition) is 4. The van der Waals surface area contributed by atoms with Crippen LogP contribution in [0.15, 0.2) is 36.5 Å². The maximum Gasteiger partial charge on any atom is 0.416 e. The summed E-state index contributed by atoms with van der Waals surface area (Å²) in [5, 5.41) is 3.44.